The molecule has 0 atom stereocenters. The fourth-order valence-electron chi connectivity index (χ4n) is 2.00. The van der Waals surface area contributed by atoms with Gasteiger partial charge in [0.2, 0.25) is 0 Å². The van der Waals surface area contributed by atoms with Crippen molar-refractivity contribution < 1.29 is 4.39 Å². The van der Waals surface area contributed by atoms with E-state index in [4.69, 9.17) is 18.0 Å². The van der Waals surface area contributed by atoms with E-state index in [0.29, 0.717) is 23.0 Å². The predicted molar refractivity (Wildman–Crippen MR) is 72.2 cm³/mol. The van der Waals surface area contributed by atoms with Crippen molar-refractivity contribution in [2.75, 3.05) is 37.6 Å². The number of halogens is 1. The first kappa shape index (κ1) is 13.1. The summed E-state index contributed by atoms with van der Waals surface area (Å²) in [5, 5.41) is 0. The fourth-order valence-corrected chi connectivity index (χ4v) is 2.19. The van der Waals surface area contributed by atoms with Gasteiger partial charge in [-0.15, -0.1) is 0 Å². The fraction of sp³-hybridized carbons (Fsp3) is 0.545. The Balaban J connectivity index is 2.01. The first-order valence-electron chi connectivity index (χ1n) is 5.80. The van der Waals surface area contributed by atoms with Gasteiger partial charge in [0.1, 0.15) is 6.33 Å². The molecule has 1 aliphatic heterocycles. The molecule has 2 N–H and O–H groups in total. The third-order valence-electron chi connectivity index (χ3n) is 3.00. The summed E-state index contributed by atoms with van der Waals surface area (Å²) in [4.78, 5) is 12.4. The van der Waals surface area contributed by atoms with Crippen LogP contribution in [0.5, 0.6) is 0 Å². The summed E-state index contributed by atoms with van der Waals surface area (Å²) in [5.74, 6) is 0.0535. The van der Waals surface area contributed by atoms with Crippen molar-refractivity contribution in [3.63, 3.8) is 0 Å². The van der Waals surface area contributed by atoms with Crippen LogP contribution in [0, 0.1) is 12.7 Å². The molecule has 2 rings (SSSR count). The summed E-state index contributed by atoms with van der Waals surface area (Å²) in [6.45, 7) is 5.31. The molecule has 18 heavy (non-hydrogen) atoms. The lowest BCUT2D eigenvalue weighted by molar-refractivity contribution is 0.290. The lowest BCUT2D eigenvalue weighted by Crippen LogP contribution is -2.49. The molecular weight excluding hydrogens is 253 g/mol. The Morgan fingerprint density at radius 2 is 2.06 bits per heavy atom. The monoisotopic (exact) mass is 269 g/mol. The largest absolute Gasteiger partial charge is 0.392 e. The second-order valence-electron chi connectivity index (χ2n) is 4.33. The van der Waals surface area contributed by atoms with Crippen LogP contribution < -0.4 is 10.6 Å². The standard InChI is InChI=1S/C11H16FN5S/c1-8-10(12)11(15-7-14-8)17-4-2-16(3-5-17)6-9(13)18/h7H,2-6H2,1H3,(H2,13,18). The molecule has 98 valence electrons. The average Bonchev–Trinajstić information content (AvgIpc) is 2.33. The third kappa shape index (κ3) is 2.91. The van der Waals surface area contributed by atoms with Crippen LogP contribution in [0.4, 0.5) is 10.2 Å². The quantitative estimate of drug-likeness (QED) is 0.798. The van der Waals surface area contributed by atoms with E-state index >= 15 is 0 Å². The SMILES string of the molecule is Cc1ncnc(N2CCN(CC(N)=S)CC2)c1F. The zero-order chi connectivity index (χ0) is 13.1. The highest BCUT2D eigenvalue weighted by Crippen LogP contribution is 2.18. The summed E-state index contributed by atoms with van der Waals surface area (Å²) in [6, 6.07) is 0. The summed E-state index contributed by atoms with van der Waals surface area (Å²) >= 11 is 4.88. The van der Waals surface area contributed by atoms with Crippen molar-refractivity contribution in [1.82, 2.24) is 14.9 Å². The first-order chi connectivity index (χ1) is 8.58. The van der Waals surface area contributed by atoms with Gasteiger partial charge in [-0.1, -0.05) is 12.2 Å². The average molecular weight is 269 g/mol. The van der Waals surface area contributed by atoms with Crippen LogP contribution >= 0.6 is 12.2 Å². The first-order valence-corrected chi connectivity index (χ1v) is 6.21. The number of nitrogens with zero attached hydrogens (tertiary/aromatic N) is 4. The van der Waals surface area contributed by atoms with Crippen molar-refractivity contribution >= 4 is 23.0 Å². The smallest absolute Gasteiger partial charge is 0.186 e. The normalized spacial score (nSPS) is 16.9. The van der Waals surface area contributed by atoms with Gasteiger partial charge in [-0.3, -0.25) is 4.90 Å². The van der Waals surface area contributed by atoms with E-state index in [-0.39, 0.29) is 5.82 Å². The minimum atomic E-state index is -0.333. The number of hydrogen-bond donors (Lipinski definition) is 1. The van der Waals surface area contributed by atoms with Gasteiger partial charge in [0, 0.05) is 32.7 Å². The van der Waals surface area contributed by atoms with E-state index in [2.05, 4.69) is 14.9 Å². The van der Waals surface area contributed by atoms with E-state index in [1.54, 1.807) is 6.92 Å². The molecule has 1 aliphatic rings. The van der Waals surface area contributed by atoms with Gasteiger partial charge in [0.15, 0.2) is 11.6 Å². The maximum absolute atomic E-state index is 13.9. The number of rotatable bonds is 3. The van der Waals surface area contributed by atoms with Gasteiger partial charge in [0.05, 0.1) is 10.7 Å². The van der Waals surface area contributed by atoms with E-state index < -0.39 is 0 Å². The minimum absolute atomic E-state index is 0.333. The molecule has 1 saturated heterocycles. The molecule has 2 heterocycles. The summed E-state index contributed by atoms with van der Waals surface area (Å²) in [7, 11) is 0. The van der Waals surface area contributed by atoms with Gasteiger partial charge in [-0.05, 0) is 6.92 Å². The van der Waals surface area contributed by atoms with Gasteiger partial charge >= 0.3 is 0 Å². The van der Waals surface area contributed by atoms with Crippen LogP contribution in [0.2, 0.25) is 0 Å². The van der Waals surface area contributed by atoms with Crippen molar-refractivity contribution in [3.05, 3.63) is 17.8 Å². The summed E-state index contributed by atoms with van der Waals surface area (Å²) in [6.07, 6.45) is 1.40. The van der Waals surface area contributed by atoms with Crippen molar-refractivity contribution in [3.8, 4) is 0 Å². The maximum Gasteiger partial charge on any atom is 0.186 e. The Kier molecular flexibility index (Phi) is 4.03. The number of thiocarbonyl (C=S) groups is 1. The zero-order valence-corrected chi connectivity index (χ0v) is 11.1. The lowest BCUT2D eigenvalue weighted by Gasteiger charge is -2.35. The van der Waals surface area contributed by atoms with Gasteiger partial charge in [0.25, 0.3) is 0 Å². The van der Waals surface area contributed by atoms with Crippen LogP contribution in [0.25, 0.3) is 0 Å². The topological polar surface area (TPSA) is 58.3 Å². The Hall–Kier alpha value is -1.34. The van der Waals surface area contributed by atoms with E-state index in [1.807, 2.05) is 4.90 Å². The Morgan fingerprint density at radius 1 is 1.39 bits per heavy atom. The molecule has 0 radical (unpaired) electrons. The molecular formula is C11H16FN5S. The number of piperazine rings is 1. The van der Waals surface area contributed by atoms with Crippen LogP contribution in [-0.2, 0) is 0 Å². The van der Waals surface area contributed by atoms with Crippen molar-refractivity contribution in [2.24, 2.45) is 5.73 Å². The lowest BCUT2D eigenvalue weighted by atomic mass is 10.3. The Labute approximate surface area is 111 Å². The minimum Gasteiger partial charge on any atom is -0.392 e. The van der Waals surface area contributed by atoms with Crippen molar-refractivity contribution in [2.45, 2.75) is 6.92 Å². The van der Waals surface area contributed by atoms with E-state index in [1.165, 1.54) is 6.33 Å². The Bertz CT molecular complexity index is 445. The highest BCUT2D eigenvalue weighted by Gasteiger charge is 2.21. The molecule has 7 heteroatoms. The van der Waals surface area contributed by atoms with Gasteiger partial charge < -0.3 is 10.6 Å². The Morgan fingerprint density at radius 3 is 2.67 bits per heavy atom. The number of anilines is 1. The molecule has 5 nitrogen and oxygen atoms in total. The summed E-state index contributed by atoms with van der Waals surface area (Å²) < 4.78 is 13.9. The summed E-state index contributed by atoms with van der Waals surface area (Å²) in [5.41, 5.74) is 5.89. The molecule has 1 aromatic rings. The molecule has 0 bridgehead atoms. The molecule has 0 unspecified atom stereocenters. The predicted octanol–water partition coefficient (Wildman–Crippen LogP) is 0.332. The number of aryl methyl sites for hydroxylation is 1. The van der Waals surface area contributed by atoms with Crippen LogP contribution in [0.1, 0.15) is 5.69 Å². The number of nitrogens with two attached hydrogens (primary N) is 1. The van der Waals surface area contributed by atoms with E-state index in [9.17, 15) is 4.39 Å². The van der Waals surface area contributed by atoms with Crippen LogP contribution in [0.15, 0.2) is 6.33 Å². The molecule has 0 amide bonds. The maximum atomic E-state index is 13.9. The number of hydrogen-bond acceptors (Lipinski definition) is 5. The molecule has 0 spiro atoms. The zero-order valence-electron chi connectivity index (χ0n) is 10.3. The number of aromatic nitrogens is 2. The molecule has 1 aromatic heterocycles. The van der Waals surface area contributed by atoms with Gasteiger partial charge in [-0.2, -0.15) is 0 Å². The highest BCUT2D eigenvalue weighted by molar-refractivity contribution is 7.80. The van der Waals surface area contributed by atoms with Crippen molar-refractivity contribution in [1.29, 1.82) is 0 Å². The second-order valence-corrected chi connectivity index (χ2v) is 4.85. The van der Waals surface area contributed by atoms with Gasteiger partial charge in [-0.25, -0.2) is 14.4 Å². The molecule has 1 fully saturated rings. The van der Waals surface area contributed by atoms with E-state index in [0.717, 1.165) is 26.2 Å². The second kappa shape index (κ2) is 5.53. The van der Waals surface area contributed by atoms with Crippen LogP contribution in [0.3, 0.4) is 0 Å². The van der Waals surface area contributed by atoms with Crippen LogP contribution in [-0.4, -0.2) is 52.6 Å². The highest BCUT2D eigenvalue weighted by atomic mass is 32.1. The molecule has 0 aliphatic carbocycles. The third-order valence-corrected chi connectivity index (χ3v) is 3.13. The molecule has 0 saturated carbocycles. The molecule has 0 aromatic carbocycles.